The Morgan fingerprint density at radius 2 is 2.21 bits per heavy atom. The van der Waals surface area contributed by atoms with E-state index in [0.717, 1.165) is 19.3 Å². The second kappa shape index (κ2) is 8.63. The molecule has 0 spiro atoms. The van der Waals surface area contributed by atoms with Crippen LogP contribution in [0.5, 0.6) is 0 Å². The van der Waals surface area contributed by atoms with Gasteiger partial charge in [-0.05, 0) is 31.9 Å². The molecular formula is C16H20ClN3O4. The van der Waals surface area contributed by atoms with Gasteiger partial charge in [0.15, 0.2) is 11.3 Å². The Morgan fingerprint density at radius 1 is 1.42 bits per heavy atom. The van der Waals surface area contributed by atoms with Crippen LogP contribution in [0.1, 0.15) is 32.6 Å². The van der Waals surface area contributed by atoms with Crippen LogP contribution in [0.4, 0.5) is 5.69 Å². The molecule has 24 heavy (non-hydrogen) atoms. The van der Waals surface area contributed by atoms with Crippen molar-refractivity contribution in [3.05, 3.63) is 23.5 Å². The van der Waals surface area contributed by atoms with Gasteiger partial charge in [-0.2, -0.15) is 0 Å². The third-order valence-electron chi connectivity index (χ3n) is 3.69. The summed E-state index contributed by atoms with van der Waals surface area (Å²) in [6.45, 7) is 1.87. The fraction of sp³-hybridized carbons (Fsp3) is 0.500. The molecule has 0 saturated carbocycles. The van der Waals surface area contributed by atoms with Gasteiger partial charge in [0.25, 0.3) is 5.91 Å². The average molecular weight is 354 g/mol. The minimum atomic E-state index is -1.00. The predicted octanol–water partition coefficient (Wildman–Crippen LogP) is 2.01. The molecular weight excluding hydrogens is 334 g/mol. The summed E-state index contributed by atoms with van der Waals surface area (Å²) >= 11 is 5.86. The molecule has 0 bridgehead atoms. The van der Waals surface area contributed by atoms with Crippen molar-refractivity contribution in [2.75, 3.05) is 18.4 Å². The molecule has 1 aromatic heterocycles. The van der Waals surface area contributed by atoms with E-state index in [4.69, 9.17) is 16.3 Å². The topological polar surface area (TPSA) is 88.6 Å². The first-order valence-corrected chi connectivity index (χ1v) is 8.24. The van der Waals surface area contributed by atoms with Gasteiger partial charge in [0.1, 0.15) is 6.54 Å². The number of likely N-dealkylation sites (tertiary alicyclic amines) is 1. The summed E-state index contributed by atoms with van der Waals surface area (Å²) in [6, 6.07) is 3.22. The molecule has 0 radical (unpaired) electrons. The molecule has 1 atom stereocenters. The summed E-state index contributed by atoms with van der Waals surface area (Å²) in [7, 11) is 0. The van der Waals surface area contributed by atoms with Crippen molar-refractivity contribution in [1.29, 1.82) is 0 Å². The molecule has 1 fully saturated rings. The molecule has 0 aromatic carbocycles. The molecule has 1 saturated heterocycles. The highest BCUT2D eigenvalue weighted by molar-refractivity contribution is 6.32. The molecule has 0 aliphatic carbocycles. The summed E-state index contributed by atoms with van der Waals surface area (Å²) < 4.78 is 5.11. The SMILES string of the molecule is C[C@H](OC(=O)CN1CCCCCC1=O)C(=O)Nc1cccnc1Cl. The highest BCUT2D eigenvalue weighted by Gasteiger charge is 2.23. The van der Waals surface area contributed by atoms with Crippen LogP contribution in [0.25, 0.3) is 0 Å². The Balaban J connectivity index is 1.85. The van der Waals surface area contributed by atoms with Crippen molar-refractivity contribution < 1.29 is 19.1 Å². The molecule has 130 valence electrons. The number of anilines is 1. The van der Waals surface area contributed by atoms with Gasteiger partial charge in [0.2, 0.25) is 5.91 Å². The molecule has 1 aliphatic heterocycles. The van der Waals surface area contributed by atoms with Gasteiger partial charge in [-0.3, -0.25) is 14.4 Å². The number of carbonyl (C=O) groups excluding carboxylic acids is 3. The monoisotopic (exact) mass is 353 g/mol. The van der Waals surface area contributed by atoms with E-state index < -0.39 is 18.0 Å². The number of ether oxygens (including phenoxy) is 1. The first-order chi connectivity index (χ1) is 11.5. The third-order valence-corrected chi connectivity index (χ3v) is 3.99. The number of hydrogen-bond donors (Lipinski definition) is 1. The molecule has 2 heterocycles. The lowest BCUT2D eigenvalue weighted by Crippen LogP contribution is -2.38. The van der Waals surface area contributed by atoms with Gasteiger partial charge in [0, 0.05) is 19.2 Å². The molecule has 1 aromatic rings. The molecule has 1 aliphatic rings. The minimum Gasteiger partial charge on any atom is -0.451 e. The van der Waals surface area contributed by atoms with E-state index in [1.165, 1.54) is 18.0 Å². The Hall–Kier alpha value is -2.15. The number of rotatable bonds is 5. The molecule has 2 rings (SSSR count). The zero-order valence-electron chi connectivity index (χ0n) is 13.5. The zero-order valence-corrected chi connectivity index (χ0v) is 14.2. The Labute approximate surface area is 145 Å². The summed E-state index contributed by atoms with van der Waals surface area (Å²) in [5, 5.41) is 2.70. The number of halogens is 1. The minimum absolute atomic E-state index is 0.0521. The maximum Gasteiger partial charge on any atom is 0.326 e. The quantitative estimate of drug-likeness (QED) is 0.646. The van der Waals surface area contributed by atoms with Crippen molar-refractivity contribution in [2.45, 2.75) is 38.7 Å². The molecule has 0 unspecified atom stereocenters. The van der Waals surface area contributed by atoms with Gasteiger partial charge >= 0.3 is 5.97 Å². The van der Waals surface area contributed by atoms with Crippen molar-refractivity contribution in [3.63, 3.8) is 0 Å². The Kier molecular flexibility index (Phi) is 6.54. The number of pyridine rings is 1. The van der Waals surface area contributed by atoms with Crippen LogP contribution in [0.2, 0.25) is 5.15 Å². The molecule has 1 N–H and O–H groups in total. The maximum absolute atomic E-state index is 12.1. The van der Waals surface area contributed by atoms with Crippen LogP contribution in [-0.2, 0) is 19.1 Å². The highest BCUT2D eigenvalue weighted by atomic mass is 35.5. The number of aromatic nitrogens is 1. The number of nitrogens with zero attached hydrogens (tertiary/aromatic N) is 2. The number of esters is 1. The lowest BCUT2D eigenvalue weighted by atomic mass is 10.2. The van der Waals surface area contributed by atoms with Crippen LogP contribution < -0.4 is 5.32 Å². The number of nitrogens with one attached hydrogen (secondary N) is 1. The highest BCUT2D eigenvalue weighted by Crippen LogP contribution is 2.18. The number of amides is 2. The number of hydrogen-bond acceptors (Lipinski definition) is 5. The first kappa shape index (κ1) is 18.2. The molecule has 2 amide bonds. The van der Waals surface area contributed by atoms with Gasteiger partial charge < -0.3 is 15.0 Å². The molecule has 7 nitrogen and oxygen atoms in total. The van der Waals surface area contributed by atoms with Crippen LogP contribution in [0.15, 0.2) is 18.3 Å². The third kappa shape index (κ3) is 5.19. The Morgan fingerprint density at radius 3 is 2.96 bits per heavy atom. The summed E-state index contributed by atoms with van der Waals surface area (Å²) in [6.07, 6.45) is 3.63. The van der Waals surface area contributed by atoms with E-state index in [2.05, 4.69) is 10.3 Å². The Bertz CT molecular complexity index is 623. The fourth-order valence-electron chi connectivity index (χ4n) is 2.36. The predicted molar refractivity (Wildman–Crippen MR) is 88.5 cm³/mol. The van der Waals surface area contributed by atoms with Gasteiger partial charge in [-0.25, -0.2) is 4.98 Å². The van der Waals surface area contributed by atoms with Crippen LogP contribution in [0, 0.1) is 0 Å². The van der Waals surface area contributed by atoms with Crippen molar-refractivity contribution in [1.82, 2.24) is 9.88 Å². The summed E-state index contributed by atoms with van der Waals surface area (Å²) in [5.74, 6) is -1.17. The van der Waals surface area contributed by atoms with E-state index in [9.17, 15) is 14.4 Å². The largest absolute Gasteiger partial charge is 0.451 e. The standard InChI is InChI=1S/C16H20ClN3O4/c1-11(16(23)19-12-6-5-8-18-15(12)17)24-14(22)10-20-9-4-2-3-7-13(20)21/h5-6,8,11H,2-4,7,9-10H2,1H3,(H,19,23)/t11-/m0/s1. The average Bonchev–Trinajstić information content (AvgIpc) is 2.74. The maximum atomic E-state index is 12.1. The number of carbonyl (C=O) groups is 3. The van der Waals surface area contributed by atoms with Crippen LogP contribution >= 0.6 is 11.6 Å². The second-order valence-electron chi connectivity index (χ2n) is 5.59. The molecule has 8 heteroatoms. The van der Waals surface area contributed by atoms with Crippen molar-refractivity contribution in [2.24, 2.45) is 0 Å². The lowest BCUT2D eigenvalue weighted by Gasteiger charge is -2.20. The van der Waals surface area contributed by atoms with Gasteiger partial charge in [-0.1, -0.05) is 18.0 Å². The van der Waals surface area contributed by atoms with Crippen molar-refractivity contribution >= 4 is 35.1 Å². The lowest BCUT2D eigenvalue weighted by molar-refractivity contribution is -0.156. The normalized spacial score (nSPS) is 16.2. The second-order valence-corrected chi connectivity index (χ2v) is 5.95. The van der Waals surface area contributed by atoms with Gasteiger partial charge in [-0.15, -0.1) is 0 Å². The van der Waals surface area contributed by atoms with Crippen LogP contribution in [-0.4, -0.2) is 46.9 Å². The smallest absolute Gasteiger partial charge is 0.326 e. The summed E-state index contributed by atoms with van der Waals surface area (Å²) in [5.41, 5.74) is 0.342. The fourth-order valence-corrected chi connectivity index (χ4v) is 2.53. The summed E-state index contributed by atoms with van der Waals surface area (Å²) in [4.78, 5) is 41.2. The van der Waals surface area contributed by atoms with E-state index in [1.54, 1.807) is 12.1 Å². The zero-order chi connectivity index (χ0) is 17.5. The van der Waals surface area contributed by atoms with E-state index in [1.807, 2.05) is 0 Å². The van der Waals surface area contributed by atoms with Crippen LogP contribution in [0.3, 0.4) is 0 Å². The van der Waals surface area contributed by atoms with E-state index in [0.29, 0.717) is 18.7 Å². The van der Waals surface area contributed by atoms with Crippen molar-refractivity contribution in [3.8, 4) is 0 Å². The van der Waals surface area contributed by atoms with E-state index in [-0.39, 0.29) is 17.6 Å². The van der Waals surface area contributed by atoms with E-state index >= 15 is 0 Å². The van der Waals surface area contributed by atoms with Gasteiger partial charge in [0.05, 0.1) is 5.69 Å². The first-order valence-electron chi connectivity index (χ1n) is 7.86.